The number of phosphoric ester groups is 2. The van der Waals surface area contributed by atoms with E-state index in [1.807, 2.05) is 13.8 Å². The fourth-order valence-electron chi connectivity index (χ4n) is 7.40. The molecule has 0 aliphatic heterocycles. The zero-order chi connectivity index (χ0) is 43.7. The number of hydrogen-bond acceptors (Lipinski definition) is 14. The first-order chi connectivity index (χ1) is 26.1. The molecule has 18 heteroatoms. The van der Waals surface area contributed by atoms with Gasteiger partial charge in [0.15, 0.2) is 0 Å². The van der Waals surface area contributed by atoms with Crippen LogP contribution in [0.4, 0.5) is 0 Å². The summed E-state index contributed by atoms with van der Waals surface area (Å²) in [6.07, 6.45) is 23.2. The molecule has 5 atom stereocenters. The number of rotatable bonds is 22. The van der Waals surface area contributed by atoms with Crippen LogP contribution in [0.15, 0.2) is 70.4 Å². The van der Waals surface area contributed by atoms with E-state index in [0.29, 0.717) is 23.7 Å². The molecule has 2 saturated carbocycles. The van der Waals surface area contributed by atoms with Crippen molar-refractivity contribution >= 4 is 31.3 Å². The summed E-state index contributed by atoms with van der Waals surface area (Å²) in [6, 6.07) is 0. The second-order valence-corrected chi connectivity index (χ2v) is 21.5. The molecule has 0 aromatic rings. The molecule has 330 valence electrons. The van der Waals surface area contributed by atoms with Gasteiger partial charge in [0.25, 0.3) is 15.6 Å². The molecule has 57 heavy (non-hydrogen) atoms. The average Bonchev–Trinajstić information content (AvgIpc) is 3.01. The van der Waals surface area contributed by atoms with E-state index in [4.69, 9.17) is 0 Å². The highest BCUT2D eigenvalue weighted by atomic mass is 31.3. The monoisotopic (exact) mass is 880 g/mol. The Balaban J connectivity index is 0.000000570. The summed E-state index contributed by atoms with van der Waals surface area (Å²) in [4.78, 5) is 63.8. The summed E-state index contributed by atoms with van der Waals surface area (Å²) in [7, 11) is -21.6. The molecule has 0 saturated heterocycles. The minimum atomic E-state index is -5.65. The van der Waals surface area contributed by atoms with Gasteiger partial charge in [-0.3, -0.25) is 17.8 Å². The lowest BCUT2D eigenvalue weighted by Gasteiger charge is -2.51. The molecule has 0 amide bonds. The van der Waals surface area contributed by atoms with E-state index >= 15 is 0 Å². The number of allylic oxidation sites excluding steroid dienone is 9. The van der Waals surface area contributed by atoms with E-state index in [1.54, 1.807) is 6.08 Å². The van der Waals surface area contributed by atoms with Gasteiger partial charge in [0.1, 0.15) is 0 Å². The molecule has 3 unspecified atom stereocenters. The van der Waals surface area contributed by atoms with Crippen LogP contribution in [0.25, 0.3) is 0 Å². The van der Waals surface area contributed by atoms with Gasteiger partial charge in [-0.2, -0.15) is 0 Å². The van der Waals surface area contributed by atoms with Crippen LogP contribution in [-0.2, 0) is 35.9 Å². The third-order valence-electron chi connectivity index (χ3n) is 10.4. The van der Waals surface area contributed by atoms with Gasteiger partial charge in [-0.05, 0) is 142 Å². The molecule has 0 aromatic carbocycles. The van der Waals surface area contributed by atoms with Crippen molar-refractivity contribution in [2.75, 3.05) is 13.2 Å². The van der Waals surface area contributed by atoms with Crippen LogP contribution in [0.2, 0.25) is 0 Å². The van der Waals surface area contributed by atoms with Crippen LogP contribution in [0.5, 0.6) is 0 Å². The quantitative estimate of drug-likeness (QED) is 0.0741. The normalized spacial score (nSPS) is 23.1. The maximum atomic E-state index is 11.3. The second-order valence-electron chi connectivity index (χ2n) is 16.1. The third-order valence-corrected chi connectivity index (χ3v) is 14.6. The van der Waals surface area contributed by atoms with Crippen LogP contribution >= 0.6 is 31.3 Å². The summed E-state index contributed by atoms with van der Waals surface area (Å²) < 4.78 is 58.6. The van der Waals surface area contributed by atoms with E-state index in [2.05, 4.69) is 84.0 Å². The van der Waals surface area contributed by atoms with E-state index < -0.39 is 31.3 Å². The van der Waals surface area contributed by atoms with Gasteiger partial charge in [-0.15, -0.1) is 0 Å². The summed E-state index contributed by atoms with van der Waals surface area (Å²) in [5, 5.41) is 0. The molecule has 0 heterocycles. The predicted molar refractivity (Wildman–Crippen MR) is 212 cm³/mol. The van der Waals surface area contributed by atoms with Crippen molar-refractivity contribution in [3.63, 3.8) is 0 Å². The lowest BCUT2D eigenvalue weighted by atomic mass is 9.54. The lowest BCUT2D eigenvalue weighted by Crippen LogP contribution is -2.41. The van der Waals surface area contributed by atoms with Crippen molar-refractivity contribution in [1.82, 2.24) is 0 Å². The smallest absolute Gasteiger partial charge is 0.272 e. The summed E-state index contributed by atoms with van der Waals surface area (Å²) in [5.41, 5.74) is 7.56. The third kappa shape index (κ3) is 25.4. The highest BCUT2D eigenvalue weighted by Gasteiger charge is 2.44. The molecule has 0 bridgehead atoms. The van der Waals surface area contributed by atoms with Gasteiger partial charge in [0, 0.05) is 0 Å². The van der Waals surface area contributed by atoms with Gasteiger partial charge < -0.3 is 47.5 Å². The van der Waals surface area contributed by atoms with E-state index in [0.717, 1.165) is 68.4 Å². The standard InChI is InChI=1S/C20H36O7P2.C19H34O7P2/c1-17(2)9-6-10-18(3)11-7-12-19(4)13-8-14-20(5)15-16-26-29(24,25)27-28(21,22)23;1-14(11-13-25-28(23,24)26-27(20,21)22)7-9-16-15(2)8-10-18-17(16)6-5-12-19(18,3)4/h9,11,13,15H,6-8,10,12,14,16H2,1-5H3,(H,24,25)(H2,21,22,23);11,16-18H,2,5-10,12-13H2,1,3-4H3,(H,23,24)(H2,20,21,22)/p-6/b18-11+,19-13+,20-15+;14-11+/t;16-,17?,18+/m.1/s1. The Hall–Kier alpha value is -1.04. The fraction of sp³-hybridized carbons (Fsp3) is 0.692. The minimum Gasteiger partial charge on any atom is -0.790 e. The van der Waals surface area contributed by atoms with Crippen molar-refractivity contribution in [1.29, 1.82) is 0 Å². The summed E-state index contributed by atoms with van der Waals surface area (Å²) in [5.74, 6) is 1.86. The van der Waals surface area contributed by atoms with Gasteiger partial charge in [0.2, 0.25) is 0 Å². The summed E-state index contributed by atoms with van der Waals surface area (Å²) in [6.45, 7) is 20.5. The molecule has 0 aromatic heterocycles. The molecule has 0 radical (unpaired) electrons. The summed E-state index contributed by atoms with van der Waals surface area (Å²) >= 11 is 0. The van der Waals surface area contributed by atoms with Crippen molar-refractivity contribution in [2.45, 2.75) is 139 Å². The minimum absolute atomic E-state index is 0.364. The Morgan fingerprint density at radius 1 is 0.667 bits per heavy atom. The number of hydrogen-bond donors (Lipinski definition) is 0. The SMILES string of the molecule is C=C1CC[C@H]2C(CCCC2(C)C)[C@@H]1CC/C(C)=C/COP(=O)([O-])OP(=O)([O-])[O-].CC(C)=CCC/C(C)=C/CC/C(C)=C/CC/C(C)=C/COP(=O)([O-])OP(=O)([O-])[O-]. The van der Waals surface area contributed by atoms with Crippen LogP contribution in [-0.4, -0.2) is 13.2 Å². The zero-order valence-corrected chi connectivity index (χ0v) is 38.5. The van der Waals surface area contributed by atoms with Gasteiger partial charge in [0.05, 0.1) is 28.9 Å². The molecule has 14 nitrogen and oxygen atoms in total. The lowest BCUT2D eigenvalue weighted by molar-refractivity contribution is -0.342. The van der Waals surface area contributed by atoms with Crippen LogP contribution in [0, 0.1) is 23.2 Å². The van der Waals surface area contributed by atoms with Gasteiger partial charge in [-0.25, -0.2) is 0 Å². The molecular formula is C39H64O14P4-6. The van der Waals surface area contributed by atoms with Gasteiger partial charge in [-0.1, -0.05) is 90.7 Å². The van der Waals surface area contributed by atoms with Gasteiger partial charge >= 0.3 is 0 Å². The van der Waals surface area contributed by atoms with Crippen molar-refractivity contribution in [3.8, 4) is 0 Å². The maximum Gasteiger partial charge on any atom is 0.272 e. The molecule has 0 spiro atoms. The first-order valence-corrected chi connectivity index (χ1v) is 25.3. The Morgan fingerprint density at radius 2 is 1.09 bits per heavy atom. The molecule has 2 aliphatic carbocycles. The number of fused-ring (bicyclic) bond motifs is 1. The highest BCUT2D eigenvalue weighted by molar-refractivity contribution is 7.59. The van der Waals surface area contributed by atoms with E-state index in [1.165, 1.54) is 54.1 Å². The predicted octanol–water partition coefficient (Wildman–Crippen LogP) is 7.91. The van der Waals surface area contributed by atoms with E-state index in [9.17, 15) is 47.6 Å². The average molecular weight is 881 g/mol. The Morgan fingerprint density at radius 3 is 1.53 bits per heavy atom. The van der Waals surface area contributed by atoms with E-state index in [-0.39, 0.29) is 13.2 Å². The molecule has 2 fully saturated rings. The van der Waals surface area contributed by atoms with Crippen LogP contribution < -0.4 is 29.4 Å². The zero-order valence-electron chi connectivity index (χ0n) is 34.9. The first kappa shape index (κ1) is 54.0. The number of phosphoric acid groups is 4. The van der Waals surface area contributed by atoms with Crippen LogP contribution in [0.1, 0.15) is 139 Å². The van der Waals surface area contributed by atoms with Crippen molar-refractivity contribution in [2.24, 2.45) is 23.2 Å². The molecule has 0 N–H and O–H groups in total. The Bertz CT molecular complexity index is 1640. The molecule has 2 aliphatic rings. The fourth-order valence-corrected chi connectivity index (χ4v) is 10.3. The molecule has 2 rings (SSSR count). The van der Waals surface area contributed by atoms with Crippen molar-refractivity contribution in [3.05, 3.63) is 70.4 Å². The largest absolute Gasteiger partial charge is 0.790 e. The van der Waals surface area contributed by atoms with Crippen molar-refractivity contribution < 1.29 is 65.3 Å². The Labute approximate surface area is 341 Å². The topological polar surface area (TPSA) is 244 Å². The maximum absolute atomic E-state index is 11.3. The highest BCUT2D eigenvalue weighted by Crippen LogP contribution is 2.55. The van der Waals surface area contributed by atoms with Crippen LogP contribution in [0.3, 0.4) is 0 Å². The second kappa shape index (κ2) is 25.0. The Kier molecular flexibility index (Phi) is 23.7. The first-order valence-electron chi connectivity index (χ1n) is 19.4. The molecular weight excluding hydrogens is 816 g/mol.